The molecule has 0 spiro atoms. The van der Waals surface area contributed by atoms with Gasteiger partial charge in [-0.25, -0.2) is 5.43 Å². The Morgan fingerprint density at radius 3 is 2.67 bits per heavy atom. The second-order valence-corrected chi connectivity index (χ2v) is 6.83. The summed E-state index contributed by atoms with van der Waals surface area (Å²) in [6.07, 6.45) is 2.27. The van der Waals surface area contributed by atoms with E-state index in [1.807, 2.05) is 31.2 Å². The zero-order valence-electron chi connectivity index (χ0n) is 12.9. The van der Waals surface area contributed by atoms with Gasteiger partial charge in [-0.15, -0.1) is 0 Å². The van der Waals surface area contributed by atoms with E-state index < -0.39 is 0 Å². The first kappa shape index (κ1) is 18.5. The number of hydrogen-bond acceptors (Lipinski definition) is 4. The summed E-state index contributed by atoms with van der Waals surface area (Å²) in [5.41, 5.74) is 5.06. The maximum absolute atomic E-state index is 11.8. The molecule has 0 heterocycles. The molecule has 0 aromatic heterocycles. The third-order valence-electron chi connectivity index (χ3n) is 3.47. The summed E-state index contributed by atoms with van der Waals surface area (Å²) >= 11 is 6.25. The highest BCUT2D eigenvalue weighted by Crippen LogP contribution is 2.40. The maximum Gasteiger partial charge on any atom is 0.240 e. The van der Waals surface area contributed by atoms with E-state index >= 15 is 0 Å². The molecule has 0 aliphatic rings. The number of hydrazone groups is 1. The molecule has 0 atom stereocenters. The number of aromatic hydroxyl groups is 2. The lowest BCUT2D eigenvalue weighted by molar-refractivity contribution is -0.121. The van der Waals surface area contributed by atoms with Gasteiger partial charge in [0.15, 0.2) is 0 Å². The van der Waals surface area contributed by atoms with Crippen molar-refractivity contribution in [1.29, 1.82) is 0 Å². The van der Waals surface area contributed by atoms with Crippen LogP contribution in [0.3, 0.4) is 0 Å². The molecule has 0 unspecified atom stereocenters. The first-order valence-corrected chi connectivity index (χ1v) is 8.75. The quantitative estimate of drug-likeness (QED) is 0.470. The summed E-state index contributed by atoms with van der Waals surface area (Å²) in [4.78, 5) is 11.8. The highest BCUT2D eigenvalue weighted by atomic mass is 79.9. The van der Waals surface area contributed by atoms with E-state index in [1.165, 1.54) is 12.3 Å². The summed E-state index contributed by atoms with van der Waals surface area (Å²) in [5.74, 6) is -0.480. The smallest absolute Gasteiger partial charge is 0.240 e. The minimum atomic E-state index is -0.217. The molecule has 2 rings (SSSR count). The molecule has 0 bridgehead atoms. The van der Waals surface area contributed by atoms with Crippen molar-refractivity contribution in [2.45, 2.75) is 19.8 Å². The summed E-state index contributed by atoms with van der Waals surface area (Å²) in [5, 5.41) is 23.4. The molecule has 24 heavy (non-hydrogen) atoms. The van der Waals surface area contributed by atoms with Gasteiger partial charge in [0.1, 0.15) is 16.0 Å². The van der Waals surface area contributed by atoms with Gasteiger partial charge in [0.25, 0.3) is 0 Å². The Bertz CT molecular complexity index is 792. The molecule has 0 radical (unpaired) electrons. The average molecular weight is 456 g/mol. The minimum absolute atomic E-state index is 0.105. The SMILES string of the molecule is Cc1ccccc1CCC(=O)N/N=C\c1cc(Br)c(O)c(Br)c1O. The van der Waals surface area contributed by atoms with Crippen molar-refractivity contribution >= 4 is 44.0 Å². The fraction of sp³-hybridized carbons (Fsp3) is 0.176. The second kappa shape index (κ2) is 8.30. The van der Waals surface area contributed by atoms with E-state index in [0.29, 0.717) is 22.9 Å². The molecule has 7 heteroatoms. The van der Waals surface area contributed by atoms with Crippen LogP contribution in [0.1, 0.15) is 23.1 Å². The molecular weight excluding hydrogens is 440 g/mol. The van der Waals surface area contributed by atoms with Crippen molar-refractivity contribution in [2.75, 3.05) is 0 Å². The van der Waals surface area contributed by atoms with E-state index in [1.54, 1.807) is 0 Å². The molecule has 126 valence electrons. The first-order chi connectivity index (χ1) is 11.4. The van der Waals surface area contributed by atoms with Crippen LogP contribution >= 0.6 is 31.9 Å². The number of phenolic OH excluding ortho intramolecular Hbond substituents is 2. The fourth-order valence-electron chi connectivity index (χ4n) is 2.08. The minimum Gasteiger partial charge on any atom is -0.506 e. The molecule has 2 aromatic carbocycles. The van der Waals surface area contributed by atoms with Crippen LogP contribution in [0.5, 0.6) is 11.5 Å². The number of halogens is 2. The number of carbonyl (C=O) groups excluding carboxylic acids is 1. The van der Waals surface area contributed by atoms with Crippen molar-refractivity contribution in [3.8, 4) is 11.5 Å². The van der Waals surface area contributed by atoms with Crippen LogP contribution in [0.25, 0.3) is 0 Å². The largest absolute Gasteiger partial charge is 0.506 e. The third-order valence-corrected chi connectivity index (χ3v) is 4.83. The Morgan fingerprint density at radius 1 is 1.25 bits per heavy atom. The maximum atomic E-state index is 11.8. The van der Waals surface area contributed by atoms with E-state index in [4.69, 9.17) is 0 Å². The van der Waals surface area contributed by atoms with Crippen LogP contribution in [0, 0.1) is 6.92 Å². The van der Waals surface area contributed by atoms with Gasteiger partial charge in [-0.2, -0.15) is 5.10 Å². The lowest BCUT2D eigenvalue weighted by atomic mass is 10.0. The first-order valence-electron chi connectivity index (χ1n) is 7.16. The molecule has 0 aliphatic carbocycles. The molecular formula is C17H16Br2N2O3. The van der Waals surface area contributed by atoms with Gasteiger partial charge in [0.05, 0.1) is 10.7 Å². The lowest BCUT2D eigenvalue weighted by Crippen LogP contribution is -2.18. The van der Waals surface area contributed by atoms with Crippen molar-refractivity contribution in [2.24, 2.45) is 5.10 Å². The number of aryl methyl sites for hydroxylation is 2. The summed E-state index contributed by atoms with van der Waals surface area (Å²) in [7, 11) is 0. The van der Waals surface area contributed by atoms with Gasteiger partial charge in [-0.1, -0.05) is 24.3 Å². The zero-order valence-corrected chi connectivity index (χ0v) is 16.1. The Morgan fingerprint density at radius 2 is 1.96 bits per heavy atom. The van der Waals surface area contributed by atoms with Crippen LogP contribution < -0.4 is 5.43 Å². The number of rotatable bonds is 5. The molecule has 1 amide bonds. The van der Waals surface area contributed by atoms with E-state index in [0.717, 1.165) is 11.1 Å². The van der Waals surface area contributed by atoms with Gasteiger partial charge >= 0.3 is 0 Å². The topological polar surface area (TPSA) is 81.9 Å². The van der Waals surface area contributed by atoms with E-state index in [9.17, 15) is 15.0 Å². The predicted molar refractivity (Wildman–Crippen MR) is 100 cm³/mol. The Kier molecular flexibility index (Phi) is 6.39. The molecule has 5 nitrogen and oxygen atoms in total. The summed E-state index contributed by atoms with van der Waals surface area (Å²) in [6.45, 7) is 2.01. The van der Waals surface area contributed by atoms with Crippen molar-refractivity contribution < 1.29 is 15.0 Å². The van der Waals surface area contributed by atoms with Crippen LogP contribution in [-0.4, -0.2) is 22.3 Å². The Hall–Kier alpha value is -1.86. The van der Waals surface area contributed by atoms with Crippen LogP contribution in [-0.2, 0) is 11.2 Å². The van der Waals surface area contributed by atoms with Crippen molar-refractivity contribution in [3.05, 3.63) is 56.0 Å². The lowest BCUT2D eigenvalue weighted by Gasteiger charge is -2.06. The highest BCUT2D eigenvalue weighted by molar-refractivity contribution is 9.11. The van der Waals surface area contributed by atoms with Crippen molar-refractivity contribution in [1.82, 2.24) is 5.43 Å². The summed E-state index contributed by atoms with van der Waals surface area (Å²) < 4.78 is 0.559. The molecule has 0 fully saturated rings. The number of benzene rings is 2. The number of hydrogen-bond donors (Lipinski definition) is 3. The molecule has 3 N–H and O–H groups in total. The standard InChI is InChI=1S/C17H16Br2N2O3/c1-10-4-2-3-5-11(10)6-7-14(22)21-20-9-12-8-13(18)17(24)15(19)16(12)23/h2-5,8-9,23-24H,6-7H2,1H3,(H,21,22)/b20-9-. The number of amides is 1. The van der Waals surface area contributed by atoms with Gasteiger partial charge in [0.2, 0.25) is 5.91 Å². The number of phenols is 2. The third kappa shape index (κ3) is 4.58. The molecule has 0 saturated heterocycles. The van der Waals surface area contributed by atoms with E-state index in [2.05, 4.69) is 42.4 Å². The van der Waals surface area contributed by atoms with Gasteiger partial charge < -0.3 is 10.2 Å². The molecule has 2 aromatic rings. The Labute approximate surface area is 156 Å². The number of nitrogens with one attached hydrogen (secondary N) is 1. The normalized spacial score (nSPS) is 11.0. The Balaban J connectivity index is 1.95. The predicted octanol–water partition coefficient (Wildman–Crippen LogP) is 4.01. The monoisotopic (exact) mass is 454 g/mol. The second-order valence-electron chi connectivity index (χ2n) is 5.18. The number of carbonyl (C=O) groups is 1. The fourth-order valence-corrected chi connectivity index (χ4v) is 3.24. The van der Waals surface area contributed by atoms with Crippen molar-refractivity contribution in [3.63, 3.8) is 0 Å². The number of nitrogens with zero attached hydrogens (tertiary/aromatic N) is 1. The van der Waals surface area contributed by atoms with Crippen LogP contribution in [0.4, 0.5) is 0 Å². The van der Waals surface area contributed by atoms with E-state index in [-0.39, 0.29) is 21.9 Å². The van der Waals surface area contributed by atoms with Gasteiger partial charge in [-0.3, -0.25) is 4.79 Å². The summed E-state index contributed by atoms with van der Waals surface area (Å²) in [6, 6.07) is 9.41. The molecule has 0 saturated carbocycles. The zero-order chi connectivity index (χ0) is 17.7. The van der Waals surface area contributed by atoms with Crippen LogP contribution in [0.15, 0.2) is 44.4 Å². The van der Waals surface area contributed by atoms with Gasteiger partial charge in [-0.05, 0) is 62.4 Å². The van der Waals surface area contributed by atoms with Gasteiger partial charge in [0, 0.05) is 12.0 Å². The highest BCUT2D eigenvalue weighted by Gasteiger charge is 2.12. The van der Waals surface area contributed by atoms with Crippen LogP contribution in [0.2, 0.25) is 0 Å². The molecule has 0 aliphatic heterocycles. The average Bonchev–Trinajstić information content (AvgIpc) is 2.56.